The number of ether oxygens (including phenoxy) is 1. The summed E-state index contributed by atoms with van der Waals surface area (Å²) >= 11 is 1.48. The Bertz CT molecular complexity index is 1080. The minimum Gasteiger partial charge on any atom is -0.444 e. The molecule has 0 bridgehead atoms. The molecule has 0 aromatic heterocycles. The molecule has 7 nitrogen and oxygen atoms in total. The van der Waals surface area contributed by atoms with Gasteiger partial charge in [0.05, 0.1) is 22.9 Å². The number of hydrogen-bond acceptors (Lipinski definition) is 5. The van der Waals surface area contributed by atoms with Crippen molar-refractivity contribution in [3.8, 4) is 0 Å². The first-order valence-electron chi connectivity index (χ1n) is 10.4. The van der Waals surface area contributed by atoms with E-state index in [2.05, 4.69) is 42.3 Å². The van der Waals surface area contributed by atoms with Crippen LogP contribution in [0.1, 0.15) is 35.3 Å². The second-order valence-electron chi connectivity index (χ2n) is 7.32. The number of carbonyl (C=O) groups excluding carboxylic acids is 2. The molecule has 168 valence electrons. The number of amides is 2. The van der Waals surface area contributed by atoms with E-state index in [1.54, 1.807) is 12.1 Å². The van der Waals surface area contributed by atoms with Gasteiger partial charge in [-0.15, -0.1) is 0 Å². The van der Waals surface area contributed by atoms with Crippen LogP contribution in [0.5, 0.6) is 0 Å². The lowest BCUT2D eigenvalue weighted by Crippen LogP contribution is -2.21. The lowest BCUT2D eigenvalue weighted by molar-refractivity contribution is 0.0280. The van der Waals surface area contributed by atoms with Gasteiger partial charge in [-0.25, -0.2) is 4.79 Å². The van der Waals surface area contributed by atoms with Gasteiger partial charge in [0.2, 0.25) is 0 Å². The summed E-state index contributed by atoms with van der Waals surface area (Å²) in [7, 11) is 0. The van der Waals surface area contributed by atoms with Crippen molar-refractivity contribution in [3.05, 3.63) is 77.4 Å². The Labute approximate surface area is 201 Å². The molecule has 0 unspecified atom stereocenters. The maximum Gasteiger partial charge on any atom is 0.411 e. The van der Waals surface area contributed by atoms with Crippen LogP contribution in [0.2, 0.25) is 0 Å². The first-order valence-corrected chi connectivity index (χ1v) is 11.3. The van der Waals surface area contributed by atoms with Crippen molar-refractivity contribution in [2.75, 3.05) is 18.4 Å². The molecule has 0 spiro atoms. The third-order valence-electron chi connectivity index (χ3n) is 5.19. The molecule has 0 saturated heterocycles. The van der Waals surface area contributed by atoms with Crippen molar-refractivity contribution in [2.24, 2.45) is 0 Å². The van der Waals surface area contributed by atoms with E-state index in [0.29, 0.717) is 14.5 Å². The van der Waals surface area contributed by atoms with Crippen LogP contribution in [0.3, 0.4) is 0 Å². The highest BCUT2D eigenvalue weighted by molar-refractivity contribution is 14.1. The standard InChI is InChI=1S/C24H26IN3O4/c1-3-27(4-2)15-17-5-7-21-14-18(6-8-20(21)13-17)16-32-24(30)26-22-11-9-19(10-12-22)23(29)28(25)31/h5-14,31H,3-4,15-16H2,1-2H3,(H,26,30). The van der Waals surface area contributed by atoms with Gasteiger partial charge in [-0.3, -0.25) is 20.2 Å². The van der Waals surface area contributed by atoms with E-state index in [0.717, 1.165) is 36.0 Å². The summed E-state index contributed by atoms with van der Waals surface area (Å²) in [4.78, 5) is 26.2. The molecule has 0 radical (unpaired) electrons. The fourth-order valence-electron chi connectivity index (χ4n) is 3.34. The number of nitrogens with zero attached hydrogens (tertiary/aromatic N) is 2. The largest absolute Gasteiger partial charge is 0.444 e. The lowest BCUT2D eigenvalue weighted by Gasteiger charge is -2.18. The molecule has 3 rings (SSSR count). The van der Waals surface area contributed by atoms with Crippen LogP contribution >= 0.6 is 22.9 Å². The van der Waals surface area contributed by atoms with Crippen LogP contribution in [0.25, 0.3) is 10.8 Å². The van der Waals surface area contributed by atoms with Gasteiger partial charge in [-0.2, -0.15) is 3.28 Å². The molecule has 0 aliphatic rings. The number of halogens is 1. The van der Waals surface area contributed by atoms with Crippen molar-refractivity contribution in [1.82, 2.24) is 8.18 Å². The van der Waals surface area contributed by atoms with E-state index in [9.17, 15) is 14.8 Å². The zero-order chi connectivity index (χ0) is 23.1. The number of anilines is 1. The molecular weight excluding hydrogens is 521 g/mol. The molecule has 0 atom stereocenters. The first-order chi connectivity index (χ1) is 15.4. The van der Waals surface area contributed by atoms with E-state index >= 15 is 0 Å². The van der Waals surface area contributed by atoms with Crippen LogP contribution in [-0.2, 0) is 17.9 Å². The SMILES string of the molecule is CCN(CC)Cc1ccc2cc(COC(=O)Nc3ccc(C(=O)N(O)I)cc3)ccc2c1. The maximum atomic E-state index is 12.1. The predicted octanol–water partition coefficient (Wildman–Crippen LogP) is 5.61. The fraction of sp³-hybridized carbons (Fsp3) is 0.250. The molecule has 2 amide bonds. The second kappa shape index (κ2) is 11.3. The van der Waals surface area contributed by atoms with Crippen LogP contribution in [0.4, 0.5) is 10.5 Å². The molecule has 8 heteroatoms. The van der Waals surface area contributed by atoms with E-state index in [1.165, 1.54) is 40.6 Å². The van der Waals surface area contributed by atoms with Crippen molar-refractivity contribution in [1.29, 1.82) is 0 Å². The highest BCUT2D eigenvalue weighted by Gasteiger charge is 2.11. The molecule has 0 aliphatic carbocycles. The normalized spacial score (nSPS) is 10.9. The van der Waals surface area contributed by atoms with Gasteiger partial charge in [-0.05, 0) is 71.4 Å². The number of hydroxylamine groups is 1. The Balaban J connectivity index is 1.57. The predicted molar refractivity (Wildman–Crippen MR) is 133 cm³/mol. The van der Waals surface area contributed by atoms with Crippen LogP contribution in [0, 0.1) is 0 Å². The van der Waals surface area contributed by atoms with E-state index in [4.69, 9.17) is 4.74 Å². The zero-order valence-electron chi connectivity index (χ0n) is 18.0. The lowest BCUT2D eigenvalue weighted by atomic mass is 10.0. The zero-order valence-corrected chi connectivity index (χ0v) is 20.2. The molecule has 2 N–H and O–H groups in total. The molecule has 0 heterocycles. The average Bonchev–Trinajstić information content (AvgIpc) is 2.81. The number of nitrogens with one attached hydrogen (secondary N) is 1. The van der Waals surface area contributed by atoms with Gasteiger partial charge in [0.15, 0.2) is 0 Å². The van der Waals surface area contributed by atoms with Crippen LogP contribution in [0.15, 0.2) is 60.7 Å². The van der Waals surface area contributed by atoms with Gasteiger partial charge < -0.3 is 4.74 Å². The maximum absolute atomic E-state index is 12.1. The van der Waals surface area contributed by atoms with Gasteiger partial charge >= 0.3 is 6.09 Å². The first kappa shape index (κ1) is 24.0. The summed E-state index contributed by atoms with van der Waals surface area (Å²) in [6.45, 7) is 7.45. The third-order valence-corrected chi connectivity index (χ3v) is 5.62. The third kappa shape index (κ3) is 6.41. The van der Waals surface area contributed by atoms with Gasteiger partial charge in [0.1, 0.15) is 6.61 Å². The van der Waals surface area contributed by atoms with Crippen molar-refractivity contribution in [2.45, 2.75) is 27.0 Å². The van der Waals surface area contributed by atoms with Crippen LogP contribution < -0.4 is 5.32 Å². The summed E-state index contributed by atoms with van der Waals surface area (Å²) in [5.41, 5.74) is 2.97. The summed E-state index contributed by atoms with van der Waals surface area (Å²) in [5.74, 6) is -0.545. The quantitative estimate of drug-likeness (QED) is 0.166. The topological polar surface area (TPSA) is 82.1 Å². The number of hydrogen-bond donors (Lipinski definition) is 2. The van der Waals surface area contributed by atoms with Crippen molar-refractivity contribution >= 4 is 51.3 Å². The average molecular weight is 547 g/mol. The van der Waals surface area contributed by atoms with Gasteiger partial charge in [-0.1, -0.05) is 38.1 Å². The molecule has 0 aliphatic heterocycles. The van der Waals surface area contributed by atoms with E-state index in [-0.39, 0.29) is 6.61 Å². The summed E-state index contributed by atoms with van der Waals surface area (Å²) in [5, 5.41) is 14.1. The molecule has 3 aromatic rings. The number of carbonyl (C=O) groups is 2. The highest BCUT2D eigenvalue weighted by Crippen LogP contribution is 2.20. The molecule has 0 saturated carbocycles. The summed E-state index contributed by atoms with van der Waals surface area (Å²) in [6.07, 6.45) is -0.587. The Morgan fingerprint density at radius 1 is 0.938 bits per heavy atom. The minimum atomic E-state index is -0.587. The van der Waals surface area contributed by atoms with E-state index in [1.807, 2.05) is 18.2 Å². The van der Waals surface area contributed by atoms with Gasteiger partial charge in [0.25, 0.3) is 5.91 Å². The highest BCUT2D eigenvalue weighted by atomic mass is 127. The van der Waals surface area contributed by atoms with Gasteiger partial charge in [0, 0.05) is 17.8 Å². The van der Waals surface area contributed by atoms with E-state index < -0.39 is 12.0 Å². The molecule has 3 aromatic carbocycles. The van der Waals surface area contributed by atoms with Crippen LogP contribution in [-0.4, -0.2) is 38.5 Å². The number of rotatable bonds is 8. The summed E-state index contributed by atoms with van der Waals surface area (Å²) in [6, 6.07) is 18.6. The Hall–Kier alpha value is -2.69. The molecule has 32 heavy (non-hydrogen) atoms. The number of benzene rings is 3. The number of fused-ring (bicyclic) bond motifs is 1. The molecule has 0 fully saturated rings. The minimum absolute atomic E-state index is 0.147. The monoisotopic (exact) mass is 547 g/mol. The Morgan fingerprint density at radius 3 is 2.12 bits per heavy atom. The Kier molecular flexibility index (Phi) is 8.43. The summed E-state index contributed by atoms with van der Waals surface area (Å²) < 4.78 is 5.81. The fourth-order valence-corrected chi connectivity index (χ4v) is 3.62. The second-order valence-corrected chi connectivity index (χ2v) is 8.23. The van der Waals surface area contributed by atoms with Crippen molar-refractivity contribution in [3.63, 3.8) is 0 Å². The Morgan fingerprint density at radius 2 is 1.53 bits per heavy atom. The molecular formula is C24H26IN3O4. The smallest absolute Gasteiger partial charge is 0.411 e. The van der Waals surface area contributed by atoms with Crippen molar-refractivity contribution < 1.29 is 19.5 Å².